The van der Waals surface area contributed by atoms with Crippen molar-refractivity contribution in [3.63, 3.8) is 0 Å². The lowest BCUT2D eigenvalue weighted by molar-refractivity contribution is -0.129. The molecule has 0 aromatic rings. The summed E-state index contributed by atoms with van der Waals surface area (Å²) in [6.07, 6.45) is 0.916. The maximum atomic E-state index is 11.5. The van der Waals surface area contributed by atoms with E-state index in [1.54, 1.807) is 0 Å². The van der Waals surface area contributed by atoms with Crippen molar-refractivity contribution >= 4 is 24.2 Å². The Morgan fingerprint density at radius 1 is 1.29 bits per heavy atom. The summed E-state index contributed by atoms with van der Waals surface area (Å²) in [4.78, 5) is 22.7. The van der Waals surface area contributed by atoms with Gasteiger partial charge < -0.3 is 16.8 Å². The van der Waals surface area contributed by atoms with E-state index in [0.717, 1.165) is 0 Å². The van der Waals surface area contributed by atoms with Gasteiger partial charge in [0.05, 0.1) is 0 Å². The second-order valence-electron chi connectivity index (χ2n) is 5.28. The van der Waals surface area contributed by atoms with Gasteiger partial charge >= 0.3 is 0 Å². The summed E-state index contributed by atoms with van der Waals surface area (Å²) in [5, 5.41) is 2.64. The van der Waals surface area contributed by atoms with E-state index < -0.39 is 11.9 Å². The van der Waals surface area contributed by atoms with E-state index in [4.69, 9.17) is 11.5 Å². The van der Waals surface area contributed by atoms with Crippen LogP contribution in [0.15, 0.2) is 0 Å². The van der Waals surface area contributed by atoms with Crippen molar-refractivity contribution in [1.82, 2.24) is 5.32 Å². The molecule has 102 valence electrons. The van der Waals surface area contributed by atoms with E-state index in [2.05, 4.69) is 5.32 Å². The van der Waals surface area contributed by atoms with Crippen molar-refractivity contribution in [3.8, 4) is 0 Å². The van der Waals surface area contributed by atoms with E-state index in [9.17, 15) is 9.59 Å². The normalized spacial score (nSPS) is 14.4. The van der Waals surface area contributed by atoms with Gasteiger partial charge in [-0.15, -0.1) is 12.4 Å². The fourth-order valence-electron chi connectivity index (χ4n) is 1.31. The maximum Gasteiger partial charge on any atom is 0.240 e. The largest absolute Gasteiger partial charge is 0.368 e. The molecule has 0 aliphatic heterocycles. The van der Waals surface area contributed by atoms with Crippen molar-refractivity contribution in [2.75, 3.05) is 0 Å². The minimum absolute atomic E-state index is 0. The van der Waals surface area contributed by atoms with Crippen LogP contribution in [0, 0.1) is 5.41 Å². The monoisotopic (exact) mass is 265 g/mol. The van der Waals surface area contributed by atoms with Crippen LogP contribution < -0.4 is 16.8 Å². The fraction of sp³-hybridized carbons (Fsp3) is 0.818. The van der Waals surface area contributed by atoms with Crippen LogP contribution in [-0.4, -0.2) is 23.9 Å². The molecule has 0 saturated heterocycles. The second kappa shape index (κ2) is 7.50. The SMILES string of the molecule is CC(N)CCC(=O)NC(C(N)=O)C(C)(C)C.Cl. The van der Waals surface area contributed by atoms with Crippen LogP contribution in [0.4, 0.5) is 0 Å². The van der Waals surface area contributed by atoms with Crippen LogP contribution in [0.3, 0.4) is 0 Å². The minimum atomic E-state index is -0.645. The minimum Gasteiger partial charge on any atom is -0.368 e. The number of amides is 2. The third kappa shape index (κ3) is 7.99. The van der Waals surface area contributed by atoms with Gasteiger partial charge in [-0.25, -0.2) is 0 Å². The molecule has 5 nitrogen and oxygen atoms in total. The fourth-order valence-corrected chi connectivity index (χ4v) is 1.31. The summed E-state index contributed by atoms with van der Waals surface area (Å²) in [6.45, 7) is 7.40. The van der Waals surface area contributed by atoms with Gasteiger partial charge in [0, 0.05) is 12.5 Å². The molecule has 0 aromatic carbocycles. The summed E-state index contributed by atoms with van der Waals surface area (Å²) >= 11 is 0. The Hall–Kier alpha value is -0.810. The van der Waals surface area contributed by atoms with Crippen molar-refractivity contribution in [3.05, 3.63) is 0 Å². The predicted octanol–water partition coefficient (Wildman–Crippen LogP) is 0.552. The van der Waals surface area contributed by atoms with E-state index in [1.165, 1.54) is 0 Å². The molecule has 2 atom stereocenters. The van der Waals surface area contributed by atoms with Gasteiger partial charge in [-0.3, -0.25) is 9.59 Å². The number of carbonyl (C=O) groups is 2. The van der Waals surface area contributed by atoms with Crippen LogP contribution in [0.2, 0.25) is 0 Å². The molecule has 0 aliphatic rings. The zero-order valence-electron chi connectivity index (χ0n) is 10.9. The molecule has 0 saturated carbocycles. The molecule has 0 aromatic heterocycles. The Labute approximate surface area is 109 Å². The average Bonchev–Trinajstić information content (AvgIpc) is 2.08. The maximum absolute atomic E-state index is 11.5. The molecule has 0 bridgehead atoms. The van der Waals surface area contributed by atoms with Gasteiger partial charge in [-0.1, -0.05) is 20.8 Å². The Morgan fingerprint density at radius 2 is 1.76 bits per heavy atom. The average molecular weight is 266 g/mol. The van der Waals surface area contributed by atoms with Gasteiger partial charge in [0.15, 0.2) is 0 Å². The van der Waals surface area contributed by atoms with E-state index >= 15 is 0 Å². The van der Waals surface area contributed by atoms with Gasteiger partial charge in [0.2, 0.25) is 11.8 Å². The van der Waals surface area contributed by atoms with E-state index in [0.29, 0.717) is 12.8 Å². The number of halogens is 1. The summed E-state index contributed by atoms with van der Waals surface area (Å²) in [5.41, 5.74) is 10.4. The topological polar surface area (TPSA) is 98.2 Å². The lowest BCUT2D eigenvalue weighted by Crippen LogP contribution is -2.52. The predicted molar refractivity (Wildman–Crippen MR) is 70.7 cm³/mol. The highest BCUT2D eigenvalue weighted by atomic mass is 35.5. The number of primary amides is 1. The quantitative estimate of drug-likeness (QED) is 0.677. The zero-order chi connectivity index (χ0) is 12.9. The number of rotatable bonds is 5. The number of nitrogens with two attached hydrogens (primary N) is 2. The third-order valence-electron chi connectivity index (χ3n) is 2.28. The van der Waals surface area contributed by atoms with E-state index in [1.807, 2.05) is 27.7 Å². The van der Waals surface area contributed by atoms with Gasteiger partial charge in [0.25, 0.3) is 0 Å². The molecule has 17 heavy (non-hydrogen) atoms. The Morgan fingerprint density at radius 3 is 2.06 bits per heavy atom. The smallest absolute Gasteiger partial charge is 0.240 e. The molecule has 6 heteroatoms. The highest BCUT2D eigenvalue weighted by Crippen LogP contribution is 2.19. The Bertz CT molecular complexity index is 262. The van der Waals surface area contributed by atoms with Crippen molar-refractivity contribution < 1.29 is 9.59 Å². The molecular formula is C11H24ClN3O2. The molecule has 2 amide bonds. The molecule has 0 radical (unpaired) electrons. The molecule has 0 rings (SSSR count). The van der Waals surface area contributed by atoms with Crippen molar-refractivity contribution in [1.29, 1.82) is 0 Å². The first kappa shape index (κ1) is 18.6. The molecule has 2 unspecified atom stereocenters. The first-order valence-electron chi connectivity index (χ1n) is 5.49. The zero-order valence-corrected chi connectivity index (χ0v) is 11.8. The first-order valence-corrected chi connectivity index (χ1v) is 5.49. The number of carbonyl (C=O) groups excluding carboxylic acids is 2. The molecule has 0 fully saturated rings. The van der Waals surface area contributed by atoms with Crippen molar-refractivity contribution in [2.45, 2.75) is 52.6 Å². The third-order valence-corrected chi connectivity index (χ3v) is 2.28. The first-order chi connectivity index (χ1) is 7.14. The van der Waals surface area contributed by atoms with E-state index in [-0.39, 0.29) is 29.8 Å². The van der Waals surface area contributed by atoms with Crippen LogP contribution >= 0.6 is 12.4 Å². The highest BCUT2D eigenvalue weighted by molar-refractivity contribution is 5.87. The number of hydrogen-bond acceptors (Lipinski definition) is 3. The molecule has 0 heterocycles. The lowest BCUT2D eigenvalue weighted by Gasteiger charge is -2.28. The lowest BCUT2D eigenvalue weighted by atomic mass is 9.86. The standard InChI is InChI=1S/C11H23N3O2.ClH/c1-7(12)5-6-8(15)14-9(10(13)16)11(2,3)4;/h7,9H,5-6,12H2,1-4H3,(H2,13,16)(H,14,15);1H. The molecular weight excluding hydrogens is 242 g/mol. The number of nitrogens with one attached hydrogen (secondary N) is 1. The summed E-state index contributed by atoms with van der Waals surface area (Å²) in [5.74, 6) is -0.697. The van der Waals surface area contributed by atoms with Gasteiger partial charge in [0.1, 0.15) is 6.04 Å². The van der Waals surface area contributed by atoms with Crippen LogP contribution in [0.1, 0.15) is 40.5 Å². The molecule has 5 N–H and O–H groups in total. The molecule has 0 spiro atoms. The summed E-state index contributed by atoms with van der Waals surface area (Å²) in [7, 11) is 0. The summed E-state index contributed by atoms with van der Waals surface area (Å²) < 4.78 is 0. The summed E-state index contributed by atoms with van der Waals surface area (Å²) in [6, 6.07) is -0.666. The van der Waals surface area contributed by atoms with Gasteiger partial charge in [-0.2, -0.15) is 0 Å². The van der Waals surface area contributed by atoms with Gasteiger partial charge in [-0.05, 0) is 18.8 Å². The Kier molecular flexibility index (Phi) is 8.19. The van der Waals surface area contributed by atoms with Crippen LogP contribution in [0.25, 0.3) is 0 Å². The van der Waals surface area contributed by atoms with Crippen molar-refractivity contribution in [2.24, 2.45) is 16.9 Å². The highest BCUT2D eigenvalue weighted by Gasteiger charge is 2.30. The molecule has 0 aliphatic carbocycles. The van der Waals surface area contributed by atoms with Crippen LogP contribution in [-0.2, 0) is 9.59 Å². The second-order valence-corrected chi connectivity index (χ2v) is 5.28. The van der Waals surface area contributed by atoms with Crippen LogP contribution in [0.5, 0.6) is 0 Å². The Balaban J connectivity index is 0. The number of hydrogen-bond donors (Lipinski definition) is 3.